The highest BCUT2D eigenvalue weighted by Crippen LogP contribution is 2.37. The Bertz CT molecular complexity index is 1050. The number of nitro benzene ring substituents is 2. The first kappa shape index (κ1) is 24.0. The lowest BCUT2D eigenvalue weighted by atomic mass is 10.0. The van der Waals surface area contributed by atoms with Crippen LogP contribution in [0.15, 0.2) is 24.7 Å². The van der Waals surface area contributed by atoms with Crippen molar-refractivity contribution in [2.45, 2.75) is 32.4 Å². The highest BCUT2D eigenvalue weighted by Gasteiger charge is 2.30. The molecule has 172 valence electrons. The van der Waals surface area contributed by atoms with Gasteiger partial charge >= 0.3 is 5.97 Å². The van der Waals surface area contributed by atoms with Crippen LogP contribution in [0.2, 0.25) is 0 Å². The fourth-order valence-electron chi connectivity index (χ4n) is 3.02. The maximum atomic E-state index is 11.8. The van der Waals surface area contributed by atoms with Crippen LogP contribution < -0.4 is 16.4 Å². The minimum Gasteiger partial charge on any atom is -0.480 e. The van der Waals surface area contributed by atoms with Crippen LogP contribution >= 0.6 is 0 Å². The third-order valence-corrected chi connectivity index (χ3v) is 4.75. The second-order valence-corrected chi connectivity index (χ2v) is 7.40. The Morgan fingerprint density at radius 3 is 2.12 bits per heavy atom. The SMILES string of the molecule is CC(C)[C@H](Nc1cc(N[C@@H](Cc2cncn2C)C(=O)O)c([N+](=O)[O-])cc1[N+](=O)[O-])C(N)=O. The lowest BCUT2D eigenvalue weighted by Gasteiger charge is -2.21. The predicted octanol–water partition coefficient (Wildman–Crippen LogP) is 1.27. The predicted molar refractivity (Wildman–Crippen MR) is 113 cm³/mol. The summed E-state index contributed by atoms with van der Waals surface area (Å²) >= 11 is 0. The molecule has 1 amide bonds. The van der Waals surface area contributed by atoms with Gasteiger partial charge in [-0.1, -0.05) is 13.8 Å². The van der Waals surface area contributed by atoms with Crippen molar-refractivity contribution in [3.63, 3.8) is 0 Å². The molecule has 0 saturated carbocycles. The molecule has 1 aromatic carbocycles. The number of carboxylic acid groups (broad SMARTS) is 1. The van der Waals surface area contributed by atoms with Crippen LogP contribution in [-0.4, -0.2) is 48.5 Å². The van der Waals surface area contributed by atoms with Crippen LogP contribution in [0, 0.1) is 26.1 Å². The molecule has 0 aliphatic rings. The number of hydrogen-bond donors (Lipinski definition) is 4. The van der Waals surface area contributed by atoms with Gasteiger partial charge in [0.2, 0.25) is 5.91 Å². The molecule has 0 spiro atoms. The number of aromatic nitrogens is 2. The number of nitro groups is 2. The number of carbonyl (C=O) groups excluding carboxylic acids is 1. The van der Waals surface area contributed by atoms with E-state index >= 15 is 0 Å². The number of hydrogen-bond acceptors (Lipinski definition) is 9. The van der Waals surface area contributed by atoms with E-state index in [9.17, 15) is 34.9 Å². The molecular weight excluding hydrogens is 426 g/mol. The first-order valence-electron chi connectivity index (χ1n) is 9.39. The van der Waals surface area contributed by atoms with Gasteiger partial charge in [-0.05, 0) is 12.0 Å². The molecule has 0 unspecified atom stereocenters. The highest BCUT2D eigenvalue weighted by atomic mass is 16.6. The summed E-state index contributed by atoms with van der Waals surface area (Å²) in [5.41, 5.74) is 4.05. The number of anilines is 2. The average Bonchev–Trinajstić information content (AvgIpc) is 3.08. The number of primary amides is 1. The molecule has 14 nitrogen and oxygen atoms in total. The number of nitrogens with one attached hydrogen (secondary N) is 2. The van der Waals surface area contributed by atoms with E-state index in [1.165, 1.54) is 12.5 Å². The van der Waals surface area contributed by atoms with Gasteiger partial charge in [0.05, 0.1) is 22.2 Å². The van der Waals surface area contributed by atoms with Crippen LogP contribution in [0.25, 0.3) is 0 Å². The number of nitrogens with zero attached hydrogens (tertiary/aromatic N) is 4. The van der Waals surface area contributed by atoms with Gasteiger partial charge in [-0.15, -0.1) is 0 Å². The number of aryl methyl sites for hydroxylation is 1. The third kappa shape index (κ3) is 5.47. The zero-order valence-electron chi connectivity index (χ0n) is 17.5. The minimum atomic E-state index is -1.31. The summed E-state index contributed by atoms with van der Waals surface area (Å²) < 4.78 is 1.59. The van der Waals surface area contributed by atoms with Gasteiger partial charge in [-0.2, -0.15) is 0 Å². The summed E-state index contributed by atoms with van der Waals surface area (Å²) in [5.74, 6) is -2.43. The van der Waals surface area contributed by atoms with Crippen LogP contribution in [0.1, 0.15) is 19.5 Å². The Hall–Kier alpha value is -4.23. The average molecular weight is 449 g/mol. The highest BCUT2D eigenvalue weighted by molar-refractivity contribution is 5.87. The number of amides is 1. The molecule has 2 aromatic rings. The maximum Gasteiger partial charge on any atom is 0.326 e. The van der Waals surface area contributed by atoms with Crippen LogP contribution in [-0.2, 0) is 23.1 Å². The molecule has 0 saturated heterocycles. The third-order valence-electron chi connectivity index (χ3n) is 4.75. The largest absolute Gasteiger partial charge is 0.480 e. The molecule has 0 radical (unpaired) electrons. The topological polar surface area (TPSA) is 209 Å². The molecule has 0 aliphatic carbocycles. The van der Waals surface area contributed by atoms with Crippen molar-refractivity contribution in [3.05, 3.63) is 50.6 Å². The van der Waals surface area contributed by atoms with E-state index in [1.54, 1.807) is 25.5 Å². The Kier molecular flexibility index (Phi) is 7.30. The molecule has 2 atom stereocenters. The van der Waals surface area contributed by atoms with Crippen molar-refractivity contribution in [3.8, 4) is 0 Å². The molecule has 2 rings (SSSR count). The molecule has 1 aromatic heterocycles. The molecule has 1 heterocycles. The van der Waals surface area contributed by atoms with Crippen LogP contribution in [0.4, 0.5) is 22.7 Å². The zero-order chi connectivity index (χ0) is 24.2. The van der Waals surface area contributed by atoms with Gasteiger partial charge in [0.25, 0.3) is 11.4 Å². The number of carboxylic acids is 1. The quantitative estimate of drug-likeness (QED) is 0.285. The van der Waals surface area contributed by atoms with Crippen molar-refractivity contribution >= 4 is 34.6 Å². The Morgan fingerprint density at radius 1 is 1.16 bits per heavy atom. The standard InChI is InChI=1S/C18H23N7O7/c1-9(2)16(17(19)26)22-12-5-11(14(24(29)30)6-15(12)25(31)32)21-13(18(27)28)4-10-7-20-8-23(10)3/h5-9,13,16,21-22H,4H2,1-3H3,(H2,19,26)(H,27,28)/t13-,16-/m0/s1. The van der Waals surface area contributed by atoms with Crippen LogP contribution in [0.3, 0.4) is 0 Å². The van der Waals surface area contributed by atoms with E-state index in [4.69, 9.17) is 5.73 Å². The Labute approximate surface area is 181 Å². The summed E-state index contributed by atoms with van der Waals surface area (Å²) in [6.45, 7) is 3.32. The van der Waals surface area contributed by atoms with Crippen molar-refractivity contribution in [2.24, 2.45) is 18.7 Å². The van der Waals surface area contributed by atoms with Gasteiger partial charge in [0.15, 0.2) is 0 Å². The number of benzene rings is 1. The smallest absolute Gasteiger partial charge is 0.326 e. The molecule has 0 fully saturated rings. The summed E-state index contributed by atoms with van der Waals surface area (Å²) in [7, 11) is 1.66. The normalized spacial score (nSPS) is 12.8. The van der Waals surface area contributed by atoms with E-state index in [2.05, 4.69) is 15.6 Å². The monoisotopic (exact) mass is 449 g/mol. The number of nitrogens with two attached hydrogens (primary N) is 1. The van der Waals surface area contributed by atoms with E-state index < -0.39 is 45.2 Å². The molecule has 0 aliphatic heterocycles. The second-order valence-electron chi connectivity index (χ2n) is 7.40. The molecule has 14 heteroatoms. The summed E-state index contributed by atoms with van der Waals surface area (Å²) in [4.78, 5) is 48.8. The first-order chi connectivity index (χ1) is 14.9. The van der Waals surface area contributed by atoms with Gasteiger partial charge < -0.3 is 26.0 Å². The maximum absolute atomic E-state index is 11.8. The first-order valence-corrected chi connectivity index (χ1v) is 9.39. The van der Waals surface area contributed by atoms with E-state index in [1.807, 2.05) is 0 Å². The van der Waals surface area contributed by atoms with Gasteiger partial charge in [-0.25, -0.2) is 9.78 Å². The fraction of sp³-hybridized carbons (Fsp3) is 0.389. The van der Waals surface area contributed by atoms with Gasteiger partial charge in [0.1, 0.15) is 23.5 Å². The zero-order valence-corrected chi connectivity index (χ0v) is 17.5. The fourth-order valence-corrected chi connectivity index (χ4v) is 3.02. The molecule has 5 N–H and O–H groups in total. The van der Waals surface area contributed by atoms with Crippen molar-refractivity contribution in [2.75, 3.05) is 10.6 Å². The van der Waals surface area contributed by atoms with Gasteiger partial charge in [-0.3, -0.25) is 25.0 Å². The number of aliphatic carboxylic acids is 1. The lowest BCUT2D eigenvalue weighted by molar-refractivity contribution is -0.393. The minimum absolute atomic E-state index is 0.0708. The van der Waals surface area contributed by atoms with Gasteiger partial charge in [0, 0.05) is 25.4 Å². The second kappa shape index (κ2) is 9.72. The Balaban J connectivity index is 2.54. The number of rotatable bonds is 11. The molecule has 0 bridgehead atoms. The van der Waals surface area contributed by atoms with E-state index in [0.717, 1.165) is 6.07 Å². The lowest BCUT2D eigenvalue weighted by Crippen LogP contribution is -2.39. The molecular formula is C18H23N7O7. The van der Waals surface area contributed by atoms with E-state index in [0.29, 0.717) is 11.8 Å². The molecule has 32 heavy (non-hydrogen) atoms. The Morgan fingerprint density at radius 2 is 1.72 bits per heavy atom. The van der Waals surface area contributed by atoms with Crippen molar-refractivity contribution < 1.29 is 24.5 Å². The summed E-state index contributed by atoms with van der Waals surface area (Å²) in [6, 6.07) is -0.581. The number of carbonyl (C=O) groups is 2. The summed E-state index contributed by atoms with van der Waals surface area (Å²) in [6.07, 6.45) is 2.86. The van der Waals surface area contributed by atoms with E-state index in [-0.39, 0.29) is 23.7 Å². The van der Waals surface area contributed by atoms with Crippen molar-refractivity contribution in [1.82, 2.24) is 9.55 Å². The van der Waals surface area contributed by atoms with Crippen LogP contribution in [0.5, 0.6) is 0 Å². The summed E-state index contributed by atoms with van der Waals surface area (Å²) in [5, 5.41) is 37.9. The van der Waals surface area contributed by atoms with Crippen molar-refractivity contribution in [1.29, 1.82) is 0 Å². The number of imidazole rings is 1.